The van der Waals surface area contributed by atoms with E-state index in [1.165, 1.54) is 13.2 Å². The van der Waals surface area contributed by atoms with Crippen molar-refractivity contribution in [1.29, 1.82) is 10.5 Å². The number of nitrogens with two attached hydrogens (primary N) is 1. The zero-order valence-corrected chi connectivity index (χ0v) is 33.3. The van der Waals surface area contributed by atoms with Gasteiger partial charge < -0.3 is 39.2 Å². The summed E-state index contributed by atoms with van der Waals surface area (Å²) in [5.41, 5.74) is 9.75. The van der Waals surface area contributed by atoms with Crippen molar-refractivity contribution >= 4 is 38.1 Å². The fraction of sp³-hybridized carbons (Fsp3) is 0.278. The molecule has 276 valence electrons. The van der Waals surface area contributed by atoms with Gasteiger partial charge in [-0.2, -0.15) is 15.5 Å². The van der Waals surface area contributed by atoms with Gasteiger partial charge in [-0.25, -0.2) is 16.5 Å². The first-order valence-corrected chi connectivity index (χ1v) is 16.8. The average molecular weight is 853 g/mol. The van der Waals surface area contributed by atoms with Crippen molar-refractivity contribution in [2.45, 2.75) is 33.6 Å². The standard InChI is InChI=1S/C18H17BrN4O3.C9H9BrO3.C6H8N2O.C3H2N2/c1-8-14-15(10-5-12(19)16(25-4)13(6-10)24-3)11(7-20)17(21)26-18(14)23-9(2)22-8;1-12-8-4-6(5-11)3-7(10)9(8)13-2;1-4-3-6(9)8-5(2)7-4;1-5-3-2-4/h5-6,15H,21H2,1-4H3;3-5H,1-2H3;3H,1-2H3,(H,7,8,9);3H2. The molecule has 0 amide bonds. The summed E-state index contributed by atoms with van der Waals surface area (Å²) in [5, 5.41) is 17.3. The van der Waals surface area contributed by atoms with Gasteiger partial charge in [-0.05, 0) is 89.4 Å². The van der Waals surface area contributed by atoms with Gasteiger partial charge >= 0.3 is 0 Å². The minimum absolute atomic E-state index is 0.0139. The second-order valence-electron chi connectivity index (χ2n) is 10.5. The zero-order valence-electron chi connectivity index (χ0n) is 30.1. The number of carbonyl (C=O) groups excluding carboxylic acids is 1. The number of allylic oxidation sites excluding steroid dienone is 1. The van der Waals surface area contributed by atoms with Crippen LogP contribution in [0.1, 0.15) is 50.4 Å². The number of hydrogen-bond acceptors (Lipinski definition) is 13. The smallest absolute Gasteiger partial charge is 0.298 e. The second-order valence-corrected chi connectivity index (χ2v) is 12.2. The number of ether oxygens (including phenoxy) is 5. The van der Waals surface area contributed by atoms with E-state index in [9.17, 15) is 14.9 Å². The van der Waals surface area contributed by atoms with E-state index < -0.39 is 5.92 Å². The van der Waals surface area contributed by atoms with Crippen LogP contribution < -0.4 is 35.0 Å². The lowest BCUT2D eigenvalue weighted by atomic mass is 9.83. The quantitative estimate of drug-likeness (QED) is 0.126. The van der Waals surface area contributed by atoms with E-state index >= 15 is 0 Å². The number of benzene rings is 2. The molecule has 53 heavy (non-hydrogen) atoms. The molecular formula is C36H36Br2N8O7. The average Bonchev–Trinajstić information content (AvgIpc) is 3.10. The number of fused-ring (bicyclic) bond motifs is 1. The maximum Gasteiger partial charge on any atom is 0.298 e. The van der Waals surface area contributed by atoms with Gasteiger partial charge in [0.1, 0.15) is 35.6 Å². The number of methoxy groups -OCH3 is 4. The van der Waals surface area contributed by atoms with E-state index in [1.54, 1.807) is 60.3 Å². The number of aromatic nitrogens is 4. The number of H-pyrrole nitrogens is 1. The van der Waals surface area contributed by atoms with E-state index in [2.05, 4.69) is 62.7 Å². The number of nitrogens with zero attached hydrogens (tertiary/aromatic N) is 6. The Morgan fingerprint density at radius 3 is 2.02 bits per heavy atom. The van der Waals surface area contributed by atoms with Crippen molar-refractivity contribution in [2.75, 3.05) is 35.0 Å². The number of nitriles is 2. The number of rotatable bonds is 6. The molecule has 1 aliphatic rings. The predicted octanol–water partition coefficient (Wildman–Crippen LogP) is 6.19. The Balaban J connectivity index is 0.000000297. The molecule has 5 rings (SSSR count). The second kappa shape index (κ2) is 20.8. The summed E-state index contributed by atoms with van der Waals surface area (Å²) in [7, 11) is 6.19. The molecule has 0 spiro atoms. The topological polar surface area (TPSA) is 213 Å². The van der Waals surface area contributed by atoms with Crippen LogP contribution in [0.4, 0.5) is 0 Å². The first-order valence-electron chi connectivity index (χ1n) is 15.2. The van der Waals surface area contributed by atoms with E-state index in [-0.39, 0.29) is 18.0 Å². The van der Waals surface area contributed by atoms with Gasteiger partial charge in [-0.3, -0.25) is 9.59 Å². The highest BCUT2D eigenvalue weighted by molar-refractivity contribution is 9.11. The molecule has 0 saturated heterocycles. The van der Waals surface area contributed by atoms with Crippen molar-refractivity contribution in [3.05, 3.63) is 112 Å². The summed E-state index contributed by atoms with van der Waals surface area (Å²) >= 11 is 6.77. The Morgan fingerprint density at radius 1 is 0.943 bits per heavy atom. The summed E-state index contributed by atoms with van der Waals surface area (Å²) in [5.74, 6) is 3.40. The highest BCUT2D eigenvalue weighted by Crippen LogP contribution is 2.46. The van der Waals surface area contributed by atoms with Crippen LogP contribution in [0.25, 0.3) is 4.85 Å². The van der Waals surface area contributed by atoms with Crippen molar-refractivity contribution < 1.29 is 28.5 Å². The number of hydrogen-bond donors (Lipinski definition) is 2. The summed E-state index contributed by atoms with van der Waals surface area (Å²) in [6.45, 7) is 13.2. The molecule has 0 aliphatic carbocycles. The lowest BCUT2D eigenvalue weighted by Crippen LogP contribution is -2.23. The summed E-state index contributed by atoms with van der Waals surface area (Å²) in [6.07, 6.45) is 0.757. The third kappa shape index (κ3) is 11.5. The molecule has 15 nitrogen and oxygen atoms in total. The van der Waals surface area contributed by atoms with Crippen LogP contribution >= 0.6 is 31.9 Å². The maximum absolute atomic E-state index is 10.6. The highest BCUT2D eigenvalue weighted by atomic mass is 79.9. The molecule has 3 heterocycles. The van der Waals surface area contributed by atoms with Crippen molar-refractivity contribution in [1.82, 2.24) is 19.9 Å². The van der Waals surface area contributed by atoms with Gasteiger partial charge in [0.2, 0.25) is 11.8 Å². The third-order valence-electron chi connectivity index (χ3n) is 6.90. The normalized spacial score (nSPS) is 12.1. The predicted molar refractivity (Wildman–Crippen MR) is 202 cm³/mol. The van der Waals surface area contributed by atoms with Gasteiger partial charge in [0.25, 0.3) is 12.1 Å². The lowest BCUT2D eigenvalue weighted by molar-refractivity contribution is 0.112. The molecular weight excluding hydrogens is 816 g/mol. The Hall–Kier alpha value is -5.96. The molecule has 0 bridgehead atoms. The largest absolute Gasteiger partial charge is 0.493 e. The molecule has 1 atom stereocenters. The molecule has 1 aliphatic heterocycles. The van der Waals surface area contributed by atoms with Gasteiger partial charge in [-0.15, -0.1) is 0 Å². The summed E-state index contributed by atoms with van der Waals surface area (Å²) in [6, 6.07) is 12.3. The Bertz CT molecular complexity index is 2130. The van der Waals surface area contributed by atoms with E-state index in [0.29, 0.717) is 66.2 Å². The summed E-state index contributed by atoms with van der Waals surface area (Å²) < 4.78 is 27.9. The van der Waals surface area contributed by atoms with Crippen LogP contribution in [0.15, 0.2) is 55.5 Å². The molecule has 0 fully saturated rings. The van der Waals surface area contributed by atoms with Crippen LogP contribution in [0, 0.1) is 56.9 Å². The van der Waals surface area contributed by atoms with E-state index in [1.807, 2.05) is 19.1 Å². The third-order valence-corrected chi connectivity index (χ3v) is 8.08. The van der Waals surface area contributed by atoms with Crippen LogP contribution in [-0.2, 0) is 0 Å². The van der Waals surface area contributed by atoms with Gasteiger partial charge in [-0.1, -0.05) is 0 Å². The lowest BCUT2D eigenvalue weighted by Gasteiger charge is -2.27. The number of aromatic amines is 1. The SMILES string of the molecule is COc1cc(C2C(C#N)=C(N)Oc3nc(C)nc(C)c32)cc(Br)c1OC.COc1cc(C=O)cc(Br)c1OC.Cc1cc(=O)[nH]c(C)n1.[C-]#[N+]CC#N. The molecule has 17 heteroatoms. The van der Waals surface area contributed by atoms with Crippen molar-refractivity contribution in [3.8, 4) is 41.0 Å². The molecule has 2 aromatic carbocycles. The van der Waals surface area contributed by atoms with Crippen LogP contribution in [0.5, 0.6) is 28.9 Å². The van der Waals surface area contributed by atoms with Gasteiger partial charge in [0.05, 0.1) is 43.3 Å². The minimum Gasteiger partial charge on any atom is -0.493 e. The number of aryl methyl sites for hydroxylation is 4. The maximum atomic E-state index is 10.6. The molecule has 3 N–H and O–H groups in total. The van der Waals surface area contributed by atoms with Crippen LogP contribution in [0.2, 0.25) is 0 Å². The Kier molecular flexibility index (Phi) is 16.9. The molecule has 0 saturated carbocycles. The fourth-order valence-corrected chi connectivity index (χ4v) is 6.12. The Labute approximate surface area is 323 Å². The summed E-state index contributed by atoms with van der Waals surface area (Å²) in [4.78, 5) is 39.2. The molecule has 4 aromatic rings. The molecule has 2 aromatic heterocycles. The zero-order chi connectivity index (χ0) is 39.8. The number of aldehydes is 1. The van der Waals surface area contributed by atoms with Gasteiger partial charge in [0, 0.05) is 28.6 Å². The van der Waals surface area contributed by atoms with Crippen molar-refractivity contribution in [2.24, 2.45) is 5.73 Å². The fourth-order valence-electron chi connectivity index (χ4n) is 4.87. The van der Waals surface area contributed by atoms with Crippen molar-refractivity contribution in [3.63, 3.8) is 0 Å². The number of nitrogens with one attached hydrogen (secondary N) is 1. The highest BCUT2D eigenvalue weighted by Gasteiger charge is 2.34. The molecule has 0 radical (unpaired) electrons. The van der Waals surface area contributed by atoms with Crippen LogP contribution in [-0.4, -0.2) is 61.2 Å². The number of carbonyl (C=O) groups is 1. The first-order chi connectivity index (χ1) is 25.2. The monoisotopic (exact) mass is 850 g/mol. The van der Waals surface area contributed by atoms with E-state index in [0.717, 1.165) is 23.2 Å². The van der Waals surface area contributed by atoms with Crippen LogP contribution in [0.3, 0.4) is 0 Å². The number of halogens is 2. The van der Waals surface area contributed by atoms with E-state index in [4.69, 9.17) is 41.3 Å². The Morgan fingerprint density at radius 2 is 1.55 bits per heavy atom. The molecule has 1 unspecified atom stereocenters. The van der Waals surface area contributed by atoms with Gasteiger partial charge in [0.15, 0.2) is 23.0 Å². The first kappa shape index (κ1) is 43.2. The minimum atomic E-state index is -0.472.